The van der Waals surface area contributed by atoms with Gasteiger partial charge in [-0.3, -0.25) is 4.79 Å². The predicted molar refractivity (Wildman–Crippen MR) is 75.7 cm³/mol. The molecule has 1 aliphatic rings. The molecule has 1 amide bonds. The number of carbonyl (C=O) groups excluding carboxylic acids is 1. The minimum Gasteiger partial charge on any atom is -0.330 e. The van der Waals surface area contributed by atoms with Crippen molar-refractivity contribution in [2.75, 3.05) is 17.2 Å². The molecule has 5 heteroatoms. The number of thioether (sulfide) groups is 1. The Hall–Kier alpha value is -1.04. The van der Waals surface area contributed by atoms with E-state index in [1.54, 1.807) is 11.8 Å². The molecule has 0 aliphatic carbocycles. The second-order valence-corrected chi connectivity index (χ2v) is 5.50. The highest BCUT2D eigenvalue weighted by Crippen LogP contribution is 2.37. The van der Waals surface area contributed by atoms with Gasteiger partial charge in [0.1, 0.15) is 0 Å². The van der Waals surface area contributed by atoms with Gasteiger partial charge in [-0.05, 0) is 37.6 Å². The summed E-state index contributed by atoms with van der Waals surface area (Å²) >= 11 is 1.59. The number of nitrogens with zero attached hydrogens (tertiary/aromatic N) is 1. The fourth-order valence-corrected chi connectivity index (χ4v) is 3.08. The summed E-state index contributed by atoms with van der Waals surface area (Å²) < 4.78 is 0. The predicted octanol–water partition coefficient (Wildman–Crippen LogP) is 1.32. The zero-order chi connectivity index (χ0) is 13.1. The highest BCUT2D eigenvalue weighted by molar-refractivity contribution is 8.00. The highest BCUT2D eigenvalue weighted by atomic mass is 32.2. The molecule has 0 fully saturated rings. The van der Waals surface area contributed by atoms with Crippen molar-refractivity contribution in [2.24, 2.45) is 11.5 Å². The average molecular weight is 265 g/mol. The fraction of sp³-hybridized carbons (Fsp3) is 0.462. The van der Waals surface area contributed by atoms with E-state index < -0.39 is 0 Å². The average Bonchev–Trinajstić information content (AvgIpc) is 2.38. The summed E-state index contributed by atoms with van der Waals surface area (Å²) in [6.45, 7) is 3.12. The number of fused-ring (bicyclic) bond motifs is 1. The van der Waals surface area contributed by atoms with Gasteiger partial charge in [0, 0.05) is 17.5 Å². The van der Waals surface area contributed by atoms with Crippen molar-refractivity contribution >= 4 is 23.4 Å². The maximum absolute atomic E-state index is 12.1. The van der Waals surface area contributed by atoms with E-state index in [0.29, 0.717) is 18.8 Å². The maximum atomic E-state index is 12.1. The van der Waals surface area contributed by atoms with Crippen LogP contribution in [0, 0.1) is 0 Å². The van der Waals surface area contributed by atoms with E-state index in [1.165, 1.54) is 0 Å². The van der Waals surface area contributed by atoms with E-state index in [0.717, 1.165) is 22.6 Å². The Morgan fingerprint density at radius 3 is 2.89 bits per heavy atom. The van der Waals surface area contributed by atoms with Crippen molar-refractivity contribution < 1.29 is 4.79 Å². The Labute approximate surface area is 112 Å². The fourth-order valence-electron chi connectivity index (χ4n) is 2.20. The van der Waals surface area contributed by atoms with Crippen molar-refractivity contribution in [3.63, 3.8) is 0 Å². The van der Waals surface area contributed by atoms with Gasteiger partial charge in [-0.15, -0.1) is 11.8 Å². The van der Waals surface area contributed by atoms with E-state index in [9.17, 15) is 4.79 Å². The van der Waals surface area contributed by atoms with Crippen molar-refractivity contribution in [1.82, 2.24) is 0 Å². The number of rotatable bonds is 4. The molecule has 1 aromatic carbocycles. The van der Waals surface area contributed by atoms with Crippen LogP contribution in [0.3, 0.4) is 0 Å². The quantitative estimate of drug-likeness (QED) is 0.861. The maximum Gasteiger partial charge on any atom is 0.237 e. The molecule has 1 aliphatic heterocycles. The summed E-state index contributed by atoms with van der Waals surface area (Å²) in [5.41, 5.74) is 13.3. The Morgan fingerprint density at radius 2 is 2.22 bits per heavy atom. The van der Waals surface area contributed by atoms with Crippen LogP contribution in [0.25, 0.3) is 0 Å². The van der Waals surface area contributed by atoms with Crippen LogP contribution >= 0.6 is 11.8 Å². The lowest BCUT2D eigenvalue weighted by Crippen LogP contribution is -2.43. The first-order chi connectivity index (χ1) is 8.67. The van der Waals surface area contributed by atoms with E-state index in [2.05, 4.69) is 6.07 Å². The lowest BCUT2D eigenvalue weighted by atomic mass is 10.1. The van der Waals surface area contributed by atoms with Crippen LogP contribution in [0.1, 0.15) is 18.9 Å². The monoisotopic (exact) mass is 265 g/mol. The van der Waals surface area contributed by atoms with Crippen LogP contribution in [-0.2, 0) is 11.3 Å². The van der Waals surface area contributed by atoms with Gasteiger partial charge in [0.05, 0.1) is 11.4 Å². The molecule has 0 saturated carbocycles. The number of amides is 1. The number of hydrogen-bond donors (Lipinski definition) is 2. The standard InChI is InChI=1S/C13H19N3OS/c1-9(4-5-14)16-11-6-10(7-15)2-3-12(11)18-8-13(16)17/h2-3,6,9H,4-5,7-8,14-15H2,1H3. The van der Waals surface area contributed by atoms with Crippen LogP contribution in [0.15, 0.2) is 23.1 Å². The second-order valence-electron chi connectivity index (χ2n) is 4.48. The Balaban J connectivity index is 2.38. The minimum absolute atomic E-state index is 0.134. The summed E-state index contributed by atoms with van der Waals surface area (Å²) in [6, 6.07) is 6.23. The molecule has 98 valence electrons. The van der Waals surface area contributed by atoms with Crippen LogP contribution < -0.4 is 16.4 Å². The molecule has 4 nitrogen and oxygen atoms in total. The number of anilines is 1. The van der Waals surface area contributed by atoms with E-state index in [4.69, 9.17) is 11.5 Å². The van der Waals surface area contributed by atoms with Crippen molar-refractivity contribution in [2.45, 2.75) is 30.8 Å². The van der Waals surface area contributed by atoms with E-state index in [-0.39, 0.29) is 11.9 Å². The Bertz CT molecular complexity index is 450. The molecular weight excluding hydrogens is 246 g/mol. The molecule has 1 atom stereocenters. The lowest BCUT2D eigenvalue weighted by molar-refractivity contribution is -0.116. The summed E-state index contributed by atoms with van der Waals surface area (Å²) in [6.07, 6.45) is 0.808. The minimum atomic E-state index is 0.134. The van der Waals surface area contributed by atoms with E-state index in [1.807, 2.05) is 24.0 Å². The number of benzene rings is 1. The third-order valence-corrected chi connectivity index (χ3v) is 4.21. The van der Waals surface area contributed by atoms with Gasteiger partial charge in [0.25, 0.3) is 0 Å². The normalized spacial score (nSPS) is 16.6. The van der Waals surface area contributed by atoms with Gasteiger partial charge in [-0.1, -0.05) is 6.07 Å². The van der Waals surface area contributed by atoms with Crippen LogP contribution in [-0.4, -0.2) is 24.2 Å². The largest absolute Gasteiger partial charge is 0.330 e. The van der Waals surface area contributed by atoms with Gasteiger partial charge in [0.15, 0.2) is 0 Å². The molecule has 0 spiro atoms. The first-order valence-corrected chi connectivity index (χ1v) is 7.14. The summed E-state index contributed by atoms with van der Waals surface area (Å²) in [4.78, 5) is 15.1. The number of hydrogen-bond acceptors (Lipinski definition) is 4. The van der Waals surface area contributed by atoms with Gasteiger partial charge in [0.2, 0.25) is 5.91 Å². The molecular formula is C13H19N3OS. The van der Waals surface area contributed by atoms with Gasteiger partial charge < -0.3 is 16.4 Å². The zero-order valence-electron chi connectivity index (χ0n) is 10.6. The first-order valence-electron chi connectivity index (χ1n) is 6.15. The molecule has 0 aromatic heterocycles. The molecule has 18 heavy (non-hydrogen) atoms. The van der Waals surface area contributed by atoms with E-state index >= 15 is 0 Å². The first kappa shape index (κ1) is 13.4. The van der Waals surface area contributed by atoms with Crippen molar-refractivity contribution in [3.05, 3.63) is 23.8 Å². The van der Waals surface area contributed by atoms with Crippen molar-refractivity contribution in [3.8, 4) is 0 Å². The summed E-state index contributed by atoms with van der Waals surface area (Å²) in [7, 11) is 0. The van der Waals surface area contributed by atoms with Gasteiger partial charge in [-0.25, -0.2) is 0 Å². The SMILES string of the molecule is CC(CCN)N1C(=O)CSc2ccc(CN)cc21. The smallest absolute Gasteiger partial charge is 0.237 e. The third-order valence-electron chi connectivity index (χ3n) is 3.16. The Kier molecular flexibility index (Phi) is 4.27. The van der Waals surface area contributed by atoms with Crippen molar-refractivity contribution in [1.29, 1.82) is 0 Å². The molecule has 4 N–H and O–H groups in total. The highest BCUT2D eigenvalue weighted by Gasteiger charge is 2.28. The summed E-state index contributed by atoms with van der Waals surface area (Å²) in [5, 5.41) is 0. The number of nitrogens with two attached hydrogens (primary N) is 2. The van der Waals surface area contributed by atoms with Crippen LogP contribution in [0.5, 0.6) is 0 Å². The Morgan fingerprint density at radius 1 is 1.44 bits per heavy atom. The van der Waals surface area contributed by atoms with Crippen LogP contribution in [0.4, 0.5) is 5.69 Å². The lowest BCUT2D eigenvalue weighted by Gasteiger charge is -2.34. The van der Waals surface area contributed by atoms with Gasteiger partial charge >= 0.3 is 0 Å². The number of carbonyl (C=O) groups is 1. The molecule has 0 radical (unpaired) electrons. The third kappa shape index (κ3) is 2.53. The topological polar surface area (TPSA) is 72.3 Å². The van der Waals surface area contributed by atoms with Gasteiger partial charge in [-0.2, -0.15) is 0 Å². The molecule has 1 heterocycles. The van der Waals surface area contributed by atoms with Crippen LogP contribution in [0.2, 0.25) is 0 Å². The molecule has 1 unspecified atom stereocenters. The molecule has 0 bridgehead atoms. The second kappa shape index (κ2) is 5.73. The molecule has 1 aromatic rings. The zero-order valence-corrected chi connectivity index (χ0v) is 11.4. The summed E-state index contributed by atoms with van der Waals surface area (Å²) in [5.74, 6) is 0.659. The molecule has 2 rings (SSSR count). The molecule has 0 saturated heterocycles.